The number of halogens is 1. The molecule has 0 N–H and O–H groups in total. The minimum atomic E-state index is -0.00513. The third-order valence-corrected chi connectivity index (χ3v) is 3.75. The molecule has 0 unspecified atom stereocenters. The molecule has 2 atom stereocenters. The van der Waals surface area contributed by atoms with Gasteiger partial charge >= 0.3 is 0 Å². The maximum absolute atomic E-state index is 11.6. The average Bonchev–Trinajstić information content (AvgIpc) is 2.28. The van der Waals surface area contributed by atoms with Gasteiger partial charge in [-0.15, -0.1) is 0 Å². The molecule has 0 aliphatic carbocycles. The van der Waals surface area contributed by atoms with E-state index in [-0.39, 0.29) is 17.6 Å². The van der Waals surface area contributed by atoms with E-state index in [2.05, 4.69) is 13.8 Å². The molecule has 0 bridgehead atoms. The molecule has 0 aliphatic rings. The topological polar surface area (TPSA) is 26.3 Å². The van der Waals surface area contributed by atoms with Crippen LogP contribution in [0, 0.1) is 11.8 Å². The Hall–Kier alpha value is -1.02. The van der Waals surface area contributed by atoms with Gasteiger partial charge in [0.25, 0.3) is 0 Å². The lowest BCUT2D eigenvalue weighted by molar-refractivity contribution is -0.121. The van der Waals surface area contributed by atoms with Crippen molar-refractivity contribution in [3.63, 3.8) is 0 Å². The Kier molecular flexibility index (Phi) is 5.21. The van der Waals surface area contributed by atoms with Crippen molar-refractivity contribution < 1.29 is 9.53 Å². The van der Waals surface area contributed by atoms with Crippen molar-refractivity contribution in [1.29, 1.82) is 0 Å². The van der Waals surface area contributed by atoms with E-state index in [4.69, 9.17) is 16.3 Å². The minimum absolute atomic E-state index is 0.00513. The predicted molar refractivity (Wildman–Crippen MR) is 75.4 cm³/mol. The smallest absolute Gasteiger partial charge is 0.137 e. The molecule has 0 saturated carbocycles. The molecule has 0 fully saturated rings. The third-order valence-electron chi connectivity index (χ3n) is 3.46. The van der Waals surface area contributed by atoms with Crippen LogP contribution >= 0.6 is 11.6 Å². The Balaban J connectivity index is 3.14. The second kappa shape index (κ2) is 6.24. The normalized spacial score (nSPS) is 14.4. The number of Topliss-reactive ketones (excluding diaryl/α,β-unsaturated/α-hetero) is 1. The Morgan fingerprint density at radius 2 is 1.89 bits per heavy atom. The number of hydrogen-bond acceptors (Lipinski definition) is 2. The third kappa shape index (κ3) is 3.26. The molecule has 2 nitrogen and oxygen atoms in total. The summed E-state index contributed by atoms with van der Waals surface area (Å²) in [5, 5.41) is 0.594. The maximum atomic E-state index is 11.6. The van der Waals surface area contributed by atoms with E-state index in [1.807, 2.05) is 25.1 Å². The predicted octanol–water partition coefficient (Wildman–Crippen LogP) is 4.31. The molecular formula is C15H21ClO2. The van der Waals surface area contributed by atoms with E-state index in [9.17, 15) is 4.79 Å². The number of benzene rings is 1. The first-order valence-corrected chi connectivity index (χ1v) is 6.60. The summed E-state index contributed by atoms with van der Waals surface area (Å²) in [6, 6.07) is 5.76. The number of ketones is 1. The summed E-state index contributed by atoms with van der Waals surface area (Å²) in [6.45, 7) is 7.88. The van der Waals surface area contributed by atoms with Crippen molar-refractivity contribution in [2.24, 2.45) is 11.8 Å². The molecule has 0 radical (unpaired) electrons. The summed E-state index contributed by atoms with van der Waals surface area (Å²) in [7, 11) is 1.60. The van der Waals surface area contributed by atoms with Gasteiger partial charge in [-0.05, 0) is 36.5 Å². The molecule has 0 heterocycles. The largest absolute Gasteiger partial charge is 0.495 e. The lowest BCUT2D eigenvalue weighted by atomic mass is 9.77. The number of methoxy groups -OCH3 is 1. The molecule has 18 heavy (non-hydrogen) atoms. The van der Waals surface area contributed by atoms with E-state index in [1.165, 1.54) is 0 Å². The van der Waals surface area contributed by atoms with Crippen LogP contribution in [0.25, 0.3) is 0 Å². The van der Waals surface area contributed by atoms with Crippen molar-refractivity contribution in [3.05, 3.63) is 28.8 Å². The molecule has 0 aromatic heterocycles. The van der Waals surface area contributed by atoms with Crippen molar-refractivity contribution in [2.45, 2.75) is 33.6 Å². The SMILES string of the molecule is COc1ccc([C@@H](C(C)C)[C@@H](C)C(C)=O)cc1Cl. The molecule has 0 amide bonds. The molecule has 0 spiro atoms. The van der Waals surface area contributed by atoms with Gasteiger partial charge in [-0.3, -0.25) is 4.79 Å². The van der Waals surface area contributed by atoms with Crippen molar-refractivity contribution in [1.82, 2.24) is 0 Å². The zero-order valence-electron chi connectivity index (χ0n) is 11.7. The summed E-state index contributed by atoms with van der Waals surface area (Å²) >= 11 is 6.15. The quantitative estimate of drug-likeness (QED) is 0.795. The summed E-state index contributed by atoms with van der Waals surface area (Å²) in [4.78, 5) is 11.6. The Labute approximate surface area is 114 Å². The van der Waals surface area contributed by atoms with Crippen LogP contribution in [-0.4, -0.2) is 12.9 Å². The van der Waals surface area contributed by atoms with Crippen molar-refractivity contribution in [3.8, 4) is 5.75 Å². The second-order valence-corrected chi connectivity index (χ2v) is 5.47. The van der Waals surface area contributed by atoms with Crippen LogP contribution in [0.5, 0.6) is 5.75 Å². The highest BCUT2D eigenvalue weighted by atomic mass is 35.5. The Morgan fingerprint density at radius 3 is 2.28 bits per heavy atom. The Morgan fingerprint density at radius 1 is 1.28 bits per heavy atom. The van der Waals surface area contributed by atoms with E-state index in [0.29, 0.717) is 16.7 Å². The molecule has 100 valence electrons. The van der Waals surface area contributed by atoms with Crippen molar-refractivity contribution in [2.75, 3.05) is 7.11 Å². The number of hydrogen-bond donors (Lipinski definition) is 0. The standard InChI is InChI=1S/C15H21ClO2/c1-9(2)15(10(3)11(4)17)12-6-7-14(18-5)13(16)8-12/h6-10,15H,1-5H3/t10-,15-/m0/s1. The van der Waals surface area contributed by atoms with Crippen LogP contribution in [0.3, 0.4) is 0 Å². The van der Waals surface area contributed by atoms with Gasteiger partial charge < -0.3 is 4.74 Å². The highest BCUT2D eigenvalue weighted by Crippen LogP contribution is 2.36. The number of rotatable bonds is 5. The van der Waals surface area contributed by atoms with Crippen LogP contribution in [0.2, 0.25) is 5.02 Å². The fourth-order valence-corrected chi connectivity index (χ4v) is 2.66. The monoisotopic (exact) mass is 268 g/mol. The molecular weight excluding hydrogens is 248 g/mol. The lowest BCUT2D eigenvalue weighted by Gasteiger charge is -2.26. The van der Waals surface area contributed by atoms with Crippen LogP contribution < -0.4 is 4.74 Å². The summed E-state index contributed by atoms with van der Waals surface area (Å²) in [6.07, 6.45) is 0. The van der Waals surface area contributed by atoms with Gasteiger partial charge in [0, 0.05) is 5.92 Å². The van der Waals surface area contributed by atoms with Gasteiger partial charge in [-0.25, -0.2) is 0 Å². The minimum Gasteiger partial charge on any atom is -0.495 e. The van der Waals surface area contributed by atoms with E-state index in [1.54, 1.807) is 14.0 Å². The van der Waals surface area contributed by atoms with Crippen LogP contribution in [0.1, 0.15) is 39.2 Å². The van der Waals surface area contributed by atoms with Gasteiger partial charge in [-0.1, -0.05) is 38.4 Å². The number of carbonyl (C=O) groups excluding carboxylic acids is 1. The zero-order valence-corrected chi connectivity index (χ0v) is 12.4. The molecule has 1 rings (SSSR count). The van der Waals surface area contributed by atoms with Gasteiger partial charge in [-0.2, -0.15) is 0 Å². The number of ether oxygens (including phenoxy) is 1. The van der Waals surface area contributed by atoms with E-state index >= 15 is 0 Å². The molecule has 0 aliphatic heterocycles. The molecule has 1 aromatic rings. The maximum Gasteiger partial charge on any atom is 0.137 e. The van der Waals surface area contributed by atoms with Crippen LogP contribution in [-0.2, 0) is 4.79 Å². The number of carbonyl (C=O) groups is 1. The van der Waals surface area contributed by atoms with Gasteiger partial charge in [0.15, 0.2) is 0 Å². The van der Waals surface area contributed by atoms with Gasteiger partial charge in [0.2, 0.25) is 0 Å². The molecule has 1 aromatic carbocycles. The zero-order chi connectivity index (χ0) is 13.9. The van der Waals surface area contributed by atoms with Crippen LogP contribution in [0.4, 0.5) is 0 Å². The summed E-state index contributed by atoms with van der Waals surface area (Å²) in [5.74, 6) is 1.44. The summed E-state index contributed by atoms with van der Waals surface area (Å²) in [5.41, 5.74) is 1.10. The lowest BCUT2D eigenvalue weighted by Crippen LogP contribution is -2.21. The highest BCUT2D eigenvalue weighted by molar-refractivity contribution is 6.32. The van der Waals surface area contributed by atoms with E-state index in [0.717, 1.165) is 5.56 Å². The highest BCUT2D eigenvalue weighted by Gasteiger charge is 2.26. The first kappa shape index (κ1) is 15.0. The Bertz CT molecular complexity index is 427. The molecule has 3 heteroatoms. The van der Waals surface area contributed by atoms with Gasteiger partial charge in [0.05, 0.1) is 12.1 Å². The van der Waals surface area contributed by atoms with E-state index < -0.39 is 0 Å². The second-order valence-electron chi connectivity index (χ2n) is 5.06. The molecule has 0 saturated heterocycles. The first-order chi connectivity index (χ1) is 8.38. The fourth-order valence-electron chi connectivity index (χ4n) is 2.39. The van der Waals surface area contributed by atoms with Gasteiger partial charge in [0.1, 0.15) is 11.5 Å². The fraction of sp³-hybridized carbons (Fsp3) is 0.533. The average molecular weight is 269 g/mol. The summed E-state index contributed by atoms with van der Waals surface area (Å²) < 4.78 is 5.15. The van der Waals surface area contributed by atoms with Crippen molar-refractivity contribution >= 4 is 17.4 Å². The van der Waals surface area contributed by atoms with Crippen LogP contribution in [0.15, 0.2) is 18.2 Å². The first-order valence-electron chi connectivity index (χ1n) is 6.22.